The molecule has 0 spiro atoms. The Hall–Kier alpha value is -3.74. The summed E-state index contributed by atoms with van der Waals surface area (Å²) in [5.41, 5.74) is 2.03. The van der Waals surface area contributed by atoms with Crippen molar-refractivity contribution in [1.29, 1.82) is 0 Å². The highest BCUT2D eigenvalue weighted by atomic mass is 16.5. The van der Waals surface area contributed by atoms with Crippen LogP contribution in [0, 0.1) is 0 Å². The summed E-state index contributed by atoms with van der Waals surface area (Å²) >= 11 is 0. The highest BCUT2D eigenvalue weighted by Gasteiger charge is 2.07. The Morgan fingerprint density at radius 1 is 1.07 bits per heavy atom. The number of nitrogens with one attached hydrogen (secondary N) is 2. The van der Waals surface area contributed by atoms with Crippen molar-refractivity contribution < 1.29 is 14.3 Å². The molecule has 0 unspecified atom stereocenters. The van der Waals surface area contributed by atoms with Crippen LogP contribution in [0.2, 0.25) is 0 Å². The first-order valence-electron chi connectivity index (χ1n) is 8.29. The smallest absolute Gasteiger partial charge is 0.255 e. The number of carbonyl (C=O) groups is 2. The summed E-state index contributed by atoms with van der Waals surface area (Å²) < 4.78 is 5.61. The van der Waals surface area contributed by atoms with Crippen molar-refractivity contribution in [2.24, 2.45) is 0 Å². The van der Waals surface area contributed by atoms with Crippen LogP contribution < -0.4 is 15.4 Å². The minimum Gasteiger partial charge on any atom is -0.437 e. The molecule has 0 radical (unpaired) electrons. The van der Waals surface area contributed by atoms with Crippen molar-refractivity contribution in [3.63, 3.8) is 0 Å². The van der Waals surface area contributed by atoms with Crippen LogP contribution in [0.15, 0.2) is 67.1 Å². The lowest BCUT2D eigenvalue weighted by atomic mass is 10.1. The molecule has 7 nitrogen and oxygen atoms in total. The molecule has 2 aromatic carbocycles. The van der Waals surface area contributed by atoms with Crippen molar-refractivity contribution >= 4 is 17.5 Å². The lowest BCUT2D eigenvalue weighted by Crippen LogP contribution is -2.19. The minimum absolute atomic E-state index is 0.0968. The van der Waals surface area contributed by atoms with Crippen molar-refractivity contribution in [3.8, 4) is 11.6 Å². The van der Waals surface area contributed by atoms with Crippen LogP contribution in [0.4, 0.5) is 5.69 Å². The van der Waals surface area contributed by atoms with Gasteiger partial charge in [-0.2, -0.15) is 0 Å². The van der Waals surface area contributed by atoms with Crippen LogP contribution in [-0.2, 0) is 11.3 Å². The number of hydrogen-bond donors (Lipinski definition) is 2. The van der Waals surface area contributed by atoms with E-state index in [1.54, 1.807) is 54.7 Å². The molecule has 2 amide bonds. The van der Waals surface area contributed by atoms with E-state index in [0.717, 1.165) is 5.56 Å². The zero-order valence-electron chi connectivity index (χ0n) is 14.7. The van der Waals surface area contributed by atoms with Gasteiger partial charge in [-0.25, -0.2) is 4.98 Å². The lowest BCUT2D eigenvalue weighted by molar-refractivity contribution is -0.119. The van der Waals surface area contributed by atoms with Gasteiger partial charge in [-0.05, 0) is 29.8 Å². The molecule has 3 rings (SSSR count). The Morgan fingerprint density at radius 2 is 1.89 bits per heavy atom. The summed E-state index contributed by atoms with van der Waals surface area (Å²) in [6.45, 7) is 1.89. The minimum atomic E-state index is -0.238. The SMILES string of the molecule is CC(=O)NCc1ccc(C(=O)Nc2cccc(Oc3cnccn3)c2)cc1. The van der Waals surface area contributed by atoms with E-state index >= 15 is 0 Å². The molecule has 7 heteroatoms. The highest BCUT2D eigenvalue weighted by molar-refractivity contribution is 6.04. The quantitative estimate of drug-likeness (QED) is 0.703. The third kappa shape index (κ3) is 5.37. The number of nitrogens with zero attached hydrogens (tertiary/aromatic N) is 2. The number of carbonyl (C=O) groups excluding carboxylic acids is 2. The van der Waals surface area contributed by atoms with Crippen LogP contribution in [0.3, 0.4) is 0 Å². The van der Waals surface area contributed by atoms with Crippen LogP contribution in [0.1, 0.15) is 22.8 Å². The first-order chi connectivity index (χ1) is 13.1. The third-order valence-corrected chi connectivity index (χ3v) is 3.61. The first-order valence-corrected chi connectivity index (χ1v) is 8.29. The van der Waals surface area contributed by atoms with Gasteiger partial charge >= 0.3 is 0 Å². The van der Waals surface area contributed by atoms with Crippen LogP contribution in [0.25, 0.3) is 0 Å². The largest absolute Gasteiger partial charge is 0.437 e. The second-order valence-electron chi connectivity index (χ2n) is 5.73. The fraction of sp³-hybridized carbons (Fsp3) is 0.100. The maximum Gasteiger partial charge on any atom is 0.255 e. The number of rotatable bonds is 6. The summed E-state index contributed by atoms with van der Waals surface area (Å²) in [5.74, 6) is 0.577. The van der Waals surface area contributed by atoms with Gasteiger partial charge in [-0.1, -0.05) is 18.2 Å². The monoisotopic (exact) mass is 362 g/mol. The predicted octanol–water partition coefficient (Wildman–Crippen LogP) is 3.16. The van der Waals surface area contributed by atoms with E-state index in [2.05, 4.69) is 20.6 Å². The third-order valence-electron chi connectivity index (χ3n) is 3.61. The van der Waals surface area contributed by atoms with Gasteiger partial charge in [0, 0.05) is 43.2 Å². The summed E-state index contributed by atoms with van der Waals surface area (Å²) in [6, 6.07) is 14.1. The van der Waals surface area contributed by atoms with Crippen molar-refractivity contribution in [2.45, 2.75) is 13.5 Å². The van der Waals surface area contributed by atoms with E-state index in [1.807, 2.05) is 0 Å². The molecule has 136 valence electrons. The van der Waals surface area contributed by atoms with Gasteiger partial charge in [0.2, 0.25) is 11.8 Å². The summed E-state index contributed by atoms with van der Waals surface area (Å²) in [6.07, 6.45) is 4.61. The van der Waals surface area contributed by atoms with Gasteiger partial charge in [0.1, 0.15) is 5.75 Å². The molecular formula is C20H18N4O3. The number of aromatic nitrogens is 2. The Bertz CT molecular complexity index is 927. The Balaban J connectivity index is 1.63. The van der Waals surface area contributed by atoms with Crippen molar-refractivity contribution in [3.05, 3.63) is 78.2 Å². The fourth-order valence-corrected chi connectivity index (χ4v) is 2.30. The Morgan fingerprint density at radius 3 is 2.59 bits per heavy atom. The van der Waals surface area contributed by atoms with E-state index < -0.39 is 0 Å². The summed E-state index contributed by atoms with van der Waals surface area (Å²) in [5, 5.41) is 5.54. The number of ether oxygens (including phenoxy) is 1. The maximum absolute atomic E-state index is 12.4. The van der Waals surface area contributed by atoms with Crippen molar-refractivity contribution in [2.75, 3.05) is 5.32 Å². The second kappa shape index (κ2) is 8.57. The van der Waals surface area contributed by atoms with E-state index in [0.29, 0.717) is 29.4 Å². The van der Waals surface area contributed by atoms with E-state index in [9.17, 15) is 9.59 Å². The molecule has 0 aliphatic heterocycles. The molecule has 3 aromatic rings. The lowest BCUT2D eigenvalue weighted by Gasteiger charge is -2.09. The van der Waals surface area contributed by atoms with Crippen LogP contribution >= 0.6 is 0 Å². The molecule has 1 aromatic heterocycles. The van der Waals surface area contributed by atoms with Gasteiger partial charge in [-0.3, -0.25) is 14.6 Å². The Kier molecular flexibility index (Phi) is 5.73. The van der Waals surface area contributed by atoms with Crippen LogP contribution in [-0.4, -0.2) is 21.8 Å². The molecule has 0 saturated carbocycles. The van der Waals surface area contributed by atoms with Gasteiger partial charge < -0.3 is 15.4 Å². The molecule has 0 aliphatic carbocycles. The zero-order valence-corrected chi connectivity index (χ0v) is 14.7. The van der Waals surface area contributed by atoms with E-state index in [4.69, 9.17) is 4.74 Å². The summed E-state index contributed by atoms with van der Waals surface area (Å²) in [4.78, 5) is 31.4. The molecular weight excluding hydrogens is 344 g/mol. The van der Waals surface area contributed by atoms with E-state index in [-0.39, 0.29) is 11.8 Å². The van der Waals surface area contributed by atoms with Gasteiger partial charge in [0.05, 0.1) is 6.20 Å². The van der Waals surface area contributed by atoms with Gasteiger partial charge in [0.15, 0.2) is 0 Å². The number of amides is 2. The number of hydrogen-bond acceptors (Lipinski definition) is 5. The second-order valence-corrected chi connectivity index (χ2v) is 5.73. The zero-order chi connectivity index (χ0) is 19.1. The van der Waals surface area contributed by atoms with Gasteiger partial charge in [0.25, 0.3) is 5.91 Å². The molecule has 0 bridgehead atoms. The van der Waals surface area contributed by atoms with Gasteiger partial charge in [-0.15, -0.1) is 0 Å². The molecule has 27 heavy (non-hydrogen) atoms. The molecule has 2 N–H and O–H groups in total. The van der Waals surface area contributed by atoms with E-state index in [1.165, 1.54) is 19.3 Å². The number of benzene rings is 2. The standard InChI is InChI=1S/C20H18N4O3/c1-14(25)23-12-15-5-7-16(8-6-15)20(26)24-17-3-2-4-18(11-17)27-19-13-21-9-10-22-19/h2-11,13H,12H2,1H3,(H,23,25)(H,24,26). The topological polar surface area (TPSA) is 93.2 Å². The maximum atomic E-state index is 12.4. The number of anilines is 1. The predicted molar refractivity (Wildman–Crippen MR) is 100 cm³/mol. The van der Waals surface area contributed by atoms with Crippen molar-refractivity contribution in [1.82, 2.24) is 15.3 Å². The average Bonchev–Trinajstić information content (AvgIpc) is 2.68. The molecule has 0 atom stereocenters. The first kappa shape index (κ1) is 18.1. The molecule has 1 heterocycles. The van der Waals surface area contributed by atoms with Crippen LogP contribution in [0.5, 0.6) is 11.6 Å². The average molecular weight is 362 g/mol. The molecule has 0 aliphatic rings. The molecule has 0 saturated heterocycles. The Labute approximate surface area is 156 Å². The highest BCUT2D eigenvalue weighted by Crippen LogP contribution is 2.22. The fourth-order valence-electron chi connectivity index (χ4n) is 2.30. The normalized spacial score (nSPS) is 10.1. The molecule has 0 fully saturated rings. The summed E-state index contributed by atoms with van der Waals surface area (Å²) in [7, 11) is 0.